The zero-order valence-electron chi connectivity index (χ0n) is 28.3. The molecule has 2 N–H and O–H groups in total. The SMILES string of the molecule is [B][C@@H]1CC(=O)[C@@H](C)C(O)O[C@H](CC)[C@@]2(C)OC(=O)N(CCCCn3cc(-c4cccnn4)nn3)[C@@H]2[C@@H](C)NC[C@H](C)C[C@@]1(C)OC. The summed E-state index contributed by atoms with van der Waals surface area (Å²) in [5, 5.41) is 31.2. The van der Waals surface area contributed by atoms with Gasteiger partial charge in [-0.05, 0) is 76.9 Å². The van der Waals surface area contributed by atoms with Crippen LogP contribution in [-0.2, 0) is 25.5 Å². The number of nitrogens with one attached hydrogen (secondary N) is 1. The van der Waals surface area contributed by atoms with Crippen LogP contribution in [0.25, 0.3) is 11.4 Å². The molecular formula is C32H50BN7O6. The Labute approximate surface area is 273 Å². The number of aryl methyl sites for hydroxylation is 1. The molecule has 2 radical (unpaired) electrons. The van der Waals surface area contributed by atoms with E-state index in [2.05, 4.69) is 32.7 Å². The van der Waals surface area contributed by atoms with Crippen LogP contribution in [-0.4, -0.2) is 111 Å². The first-order valence-electron chi connectivity index (χ1n) is 16.4. The molecule has 46 heavy (non-hydrogen) atoms. The molecule has 0 aromatic carbocycles. The molecule has 4 heterocycles. The van der Waals surface area contributed by atoms with Gasteiger partial charge in [0.15, 0.2) is 11.9 Å². The maximum atomic E-state index is 13.5. The van der Waals surface area contributed by atoms with Crippen LogP contribution in [0.2, 0.25) is 5.82 Å². The van der Waals surface area contributed by atoms with Gasteiger partial charge in [-0.1, -0.05) is 26.0 Å². The van der Waals surface area contributed by atoms with Crippen LogP contribution in [0.15, 0.2) is 24.5 Å². The average molecular weight is 640 g/mol. The molecule has 2 aliphatic rings. The molecule has 252 valence electrons. The van der Waals surface area contributed by atoms with Crippen molar-refractivity contribution in [3.05, 3.63) is 24.5 Å². The Morgan fingerprint density at radius 3 is 2.57 bits per heavy atom. The summed E-state index contributed by atoms with van der Waals surface area (Å²) in [6, 6.07) is 3.03. The fraction of sp³-hybridized carbons (Fsp3) is 0.750. The summed E-state index contributed by atoms with van der Waals surface area (Å²) in [5.41, 5.74) is -0.544. The summed E-state index contributed by atoms with van der Waals surface area (Å²) in [7, 11) is 8.14. The first-order valence-corrected chi connectivity index (χ1v) is 16.4. The molecule has 0 bridgehead atoms. The number of unbranched alkanes of at least 4 members (excludes halogenated alkanes) is 1. The fourth-order valence-corrected chi connectivity index (χ4v) is 6.85. The Morgan fingerprint density at radius 1 is 1.15 bits per heavy atom. The second kappa shape index (κ2) is 15.3. The number of hydrogen-bond donors (Lipinski definition) is 2. The summed E-state index contributed by atoms with van der Waals surface area (Å²) in [6.07, 6.45) is 3.50. The predicted molar refractivity (Wildman–Crippen MR) is 172 cm³/mol. The third kappa shape index (κ3) is 7.95. The fourth-order valence-electron chi connectivity index (χ4n) is 6.85. The molecule has 9 atom stereocenters. The molecule has 1 unspecified atom stereocenters. The van der Waals surface area contributed by atoms with Gasteiger partial charge in [0.2, 0.25) is 0 Å². The Morgan fingerprint density at radius 2 is 1.89 bits per heavy atom. The lowest BCUT2D eigenvalue weighted by Gasteiger charge is -2.42. The van der Waals surface area contributed by atoms with Crippen molar-refractivity contribution in [3.8, 4) is 11.4 Å². The van der Waals surface area contributed by atoms with Crippen molar-refractivity contribution < 1.29 is 28.9 Å². The lowest BCUT2D eigenvalue weighted by molar-refractivity contribution is -0.209. The summed E-state index contributed by atoms with van der Waals surface area (Å²) >= 11 is 0. The van der Waals surface area contributed by atoms with E-state index >= 15 is 0 Å². The van der Waals surface area contributed by atoms with Gasteiger partial charge in [-0.15, -0.1) is 10.2 Å². The van der Waals surface area contributed by atoms with E-state index in [4.69, 9.17) is 22.1 Å². The van der Waals surface area contributed by atoms with Gasteiger partial charge in [-0.3, -0.25) is 14.4 Å². The number of carbonyl (C=O) groups is 2. The number of Topliss-reactive ketones (excluding diaryl/α,β-unsaturated/α-hetero) is 1. The summed E-state index contributed by atoms with van der Waals surface area (Å²) in [5.74, 6) is -1.46. The number of hydrogen-bond acceptors (Lipinski definition) is 11. The second-order valence-electron chi connectivity index (χ2n) is 13.4. The molecule has 2 aromatic heterocycles. The van der Waals surface area contributed by atoms with Crippen molar-refractivity contribution >= 4 is 19.7 Å². The van der Waals surface area contributed by atoms with Crippen LogP contribution in [0, 0.1) is 11.8 Å². The predicted octanol–water partition coefficient (Wildman–Crippen LogP) is 3.18. The summed E-state index contributed by atoms with van der Waals surface area (Å²) in [6.45, 7) is 13.2. The van der Waals surface area contributed by atoms with Crippen molar-refractivity contribution in [1.29, 1.82) is 0 Å². The number of rotatable bonds is 8. The van der Waals surface area contributed by atoms with Crippen molar-refractivity contribution in [3.63, 3.8) is 0 Å². The topological polar surface area (TPSA) is 154 Å². The van der Waals surface area contributed by atoms with E-state index in [-0.39, 0.29) is 24.2 Å². The molecule has 1 amide bonds. The number of fused-ring (bicyclic) bond motifs is 1. The minimum atomic E-state index is -1.40. The molecule has 14 heteroatoms. The number of methoxy groups -OCH3 is 1. The van der Waals surface area contributed by atoms with Gasteiger partial charge in [-0.25, -0.2) is 4.79 Å². The number of nitrogens with zero attached hydrogens (tertiary/aromatic N) is 6. The van der Waals surface area contributed by atoms with Crippen molar-refractivity contribution in [2.45, 2.75) is 122 Å². The molecule has 0 saturated carbocycles. The zero-order valence-corrected chi connectivity index (χ0v) is 28.3. The molecule has 2 saturated heterocycles. The number of aliphatic hydroxyl groups excluding tert-OH is 1. The highest BCUT2D eigenvalue weighted by Gasteiger charge is 2.57. The van der Waals surface area contributed by atoms with Crippen LogP contribution >= 0.6 is 0 Å². The number of ketones is 1. The van der Waals surface area contributed by atoms with Crippen LogP contribution in [0.4, 0.5) is 4.79 Å². The Balaban J connectivity index is 1.52. The van der Waals surface area contributed by atoms with Gasteiger partial charge in [0.05, 0.1) is 31.6 Å². The van der Waals surface area contributed by atoms with E-state index in [1.807, 2.05) is 40.0 Å². The van der Waals surface area contributed by atoms with Crippen LogP contribution in [0.3, 0.4) is 0 Å². The Hall–Kier alpha value is -2.94. The monoisotopic (exact) mass is 639 g/mol. The molecule has 13 nitrogen and oxygen atoms in total. The number of ether oxygens (including phenoxy) is 3. The number of amides is 1. The normalized spacial score (nSPS) is 34.9. The van der Waals surface area contributed by atoms with Gasteiger partial charge in [-0.2, -0.15) is 5.10 Å². The minimum absolute atomic E-state index is 0.0399. The van der Waals surface area contributed by atoms with E-state index < -0.39 is 47.5 Å². The third-order valence-electron chi connectivity index (χ3n) is 9.81. The average Bonchev–Trinajstić information content (AvgIpc) is 3.61. The van der Waals surface area contributed by atoms with Crippen molar-refractivity contribution in [2.75, 3.05) is 20.2 Å². The number of aliphatic hydroxyl groups is 1. The first kappa shape index (κ1) is 35.9. The third-order valence-corrected chi connectivity index (χ3v) is 9.81. The van der Waals surface area contributed by atoms with Crippen molar-refractivity contribution in [1.82, 2.24) is 35.4 Å². The molecular weight excluding hydrogens is 589 g/mol. The second-order valence-corrected chi connectivity index (χ2v) is 13.4. The van der Waals surface area contributed by atoms with E-state index in [9.17, 15) is 14.7 Å². The number of carbonyl (C=O) groups excluding carboxylic acids is 2. The molecule has 4 rings (SSSR count). The van der Waals surface area contributed by atoms with E-state index in [1.54, 1.807) is 35.9 Å². The van der Waals surface area contributed by atoms with Gasteiger partial charge in [0, 0.05) is 38.9 Å². The lowest BCUT2D eigenvalue weighted by Crippen LogP contribution is -2.61. The number of aromatic nitrogens is 5. The lowest BCUT2D eigenvalue weighted by atomic mass is 9.67. The highest BCUT2D eigenvalue weighted by atomic mass is 16.6. The van der Waals surface area contributed by atoms with Gasteiger partial charge >= 0.3 is 6.09 Å². The van der Waals surface area contributed by atoms with E-state index in [1.165, 1.54) is 0 Å². The highest BCUT2D eigenvalue weighted by molar-refractivity contribution is 6.14. The highest BCUT2D eigenvalue weighted by Crippen LogP contribution is 2.40. The first-order chi connectivity index (χ1) is 21.8. The maximum Gasteiger partial charge on any atom is 0.410 e. The largest absolute Gasteiger partial charge is 0.438 e. The molecule has 0 aliphatic carbocycles. The van der Waals surface area contributed by atoms with E-state index in [0.29, 0.717) is 50.3 Å². The Kier molecular flexibility index (Phi) is 12.0. The Bertz CT molecular complexity index is 1300. The zero-order chi connectivity index (χ0) is 33.6. The minimum Gasteiger partial charge on any atom is -0.438 e. The molecule has 2 fully saturated rings. The van der Waals surface area contributed by atoms with E-state index in [0.717, 1.165) is 6.42 Å². The van der Waals surface area contributed by atoms with Crippen LogP contribution < -0.4 is 5.32 Å². The molecule has 2 aromatic rings. The quantitative estimate of drug-likeness (QED) is 0.323. The molecule has 2 aliphatic heterocycles. The molecule has 0 spiro atoms. The summed E-state index contributed by atoms with van der Waals surface area (Å²) in [4.78, 5) is 28.5. The van der Waals surface area contributed by atoms with Crippen LogP contribution in [0.5, 0.6) is 0 Å². The van der Waals surface area contributed by atoms with Crippen molar-refractivity contribution in [2.24, 2.45) is 11.8 Å². The standard InChI is InChI=1S/C32H50BN7O6/c1-8-27-32(6)28(22(4)34-18-20(2)17-31(5,44-7)26(33)16-25(41)21(3)29(42)45-27)40(30(43)46-32)15-10-9-14-39-19-24(37-38-39)23-12-11-13-35-36-23/h11-13,19-22,26-29,34,42H,8-10,14-18H2,1-7H3/t20-,21-,22-,26-,27-,28-,29?,31-,32-/m1/s1. The van der Waals surface area contributed by atoms with Crippen LogP contribution in [0.1, 0.15) is 73.6 Å². The van der Waals surface area contributed by atoms with Gasteiger partial charge < -0.3 is 24.6 Å². The summed E-state index contributed by atoms with van der Waals surface area (Å²) < 4.78 is 19.9. The van der Waals surface area contributed by atoms with Gasteiger partial charge in [0.25, 0.3) is 0 Å². The van der Waals surface area contributed by atoms with Gasteiger partial charge in [0.1, 0.15) is 23.3 Å². The maximum absolute atomic E-state index is 13.5. The smallest absolute Gasteiger partial charge is 0.410 e.